The Bertz CT molecular complexity index is 2670. The largest absolute Gasteiger partial charge is 0.444 e. The minimum absolute atomic E-state index is 0. The van der Waals surface area contributed by atoms with Gasteiger partial charge in [0.2, 0.25) is 6.73 Å². The second-order valence-corrected chi connectivity index (χ2v) is 18.5. The van der Waals surface area contributed by atoms with Crippen molar-refractivity contribution in [3.8, 4) is 0 Å². The van der Waals surface area contributed by atoms with Gasteiger partial charge in [-0.25, -0.2) is 14.3 Å². The van der Waals surface area contributed by atoms with Gasteiger partial charge in [0.15, 0.2) is 11.6 Å². The first-order valence-corrected chi connectivity index (χ1v) is 22.0. The van der Waals surface area contributed by atoms with E-state index in [1.54, 1.807) is 6.20 Å². The number of ketones is 2. The molecule has 1 amide bonds. The average Bonchev–Trinajstić information content (AvgIpc) is 4.08. The van der Waals surface area contributed by atoms with E-state index in [9.17, 15) is 19.2 Å². The number of rotatable bonds is 9. The lowest BCUT2D eigenvalue weighted by Crippen LogP contribution is -2.46. The van der Waals surface area contributed by atoms with Crippen LogP contribution in [-0.4, -0.2) is 59.0 Å². The first kappa shape index (κ1) is 45.3. The molecule has 1 fully saturated rings. The second-order valence-electron chi connectivity index (χ2n) is 18.5. The predicted molar refractivity (Wildman–Crippen MR) is 243 cm³/mol. The van der Waals surface area contributed by atoms with E-state index in [1.807, 2.05) is 95.2 Å². The van der Waals surface area contributed by atoms with Crippen LogP contribution in [0.15, 0.2) is 73.3 Å². The van der Waals surface area contributed by atoms with Crippen LogP contribution in [0.4, 0.5) is 4.79 Å². The summed E-state index contributed by atoms with van der Waals surface area (Å²) in [4.78, 5) is 56.4. The summed E-state index contributed by atoms with van der Waals surface area (Å²) in [6.45, 7) is 11.0. The van der Waals surface area contributed by atoms with E-state index in [4.69, 9.17) is 9.47 Å². The van der Waals surface area contributed by atoms with Gasteiger partial charge in [-0.2, -0.15) is 4.57 Å². The molecule has 0 radical (unpaired) electrons. The highest BCUT2D eigenvalue weighted by molar-refractivity contribution is 6.12. The fraction of sp³-hybridized carbons (Fsp3) is 0.469. The van der Waals surface area contributed by atoms with E-state index >= 15 is 0 Å². The van der Waals surface area contributed by atoms with E-state index in [-0.39, 0.29) is 55.1 Å². The monoisotopic (exact) mass is 878 g/mol. The number of benzene rings is 2. The Morgan fingerprint density at radius 1 is 0.825 bits per heavy atom. The number of esters is 1. The number of aryl methyl sites for hydroxylation is 3. The van der Waals surface area contributed by atoms with Crippen LogP contribution in [0.5, 0.6) is 0 Å². The molecule has 3 aliphatic carbocycles. The molecule has 2 aromatic carbocycles. The maximum atomic E-state index is 13.6. The summed E-state index contributed by atoms with van der Waals surface area (Å²) in [6.07, 6.45) is 13.8. The van der Waals surface area contributed by atoms with E-state index in [2.05, 4.69) is 53.8 Å². The number of hydrogen-bond donors (Lipinski definition) is 1. The fourth-order valence-electron chi connectivity index (χ4n) is 9.95. The number of carbonyl (C=O) groups excluding carboxylic acids is 4. The summed E-state index contributed by atoms with van der Waals surface area (Å²) < 4.78 is 21.5. The first-order chi connectivity index (χ1) is 29.7. The lowest BCUT2D eigenvalue weighted by atomic mass is 9.85. The Balaban J connectivity index is 0.000000218. The van der Waals surface area contributed by atoms with E-state index in [1.165, 1.54) is 5.69 Å². The Kier molecular flexibility index (Phi) is 13.1. The van der Waals surface area contributed by atoms with Gasteiger partial charge in [0.05, 0.1) is 11.3 Å². The lowest BCUT2D eigenvalue weighted by molar-refractivity contribution is -0.732. The van der Waals surface area contributed by atoms with Crippen molar-refractivity contribution in [1.29, 1.82) is 0 Å². The zero-order chi connectivity index (χ0) is 43.9. The molecule has 4 aromatic heterocycles. The van der Waals surface area contributed by atoms with Crippen LogP contribution in [0.1, 0.15) is 103 Å². The SMILES string of the molecule is Cc1n(CC2CCc3c(c4ccccc4n3C)C2=O)cc[n+]1COC(=O)C1(CNC(=O)OC(C)(C)C)CCCC1.Cc1nccn1CC1CCc2c(c3ccccc3n2C)C1=O.Cl. The van der Waals surface area contributed by atoms with Gasteiger partial charge in [0.25, 0.3) is 5.82 Å². The van der Waals surface area contributed by atoms with Gasteiger partial charge in [-0.05, 0) is 78.4 Å². The third-order valence-corrected chi connectivity index (χ3v) is 13.5. The number of imidazole rings is 2. The molecule has 2 atom stereocenters. The van der Waals surface area contributed by atoms with Crippen molar-refractivity contribution in [1.82, 2.24) is 28.6 Å². The van der Waals surface area contributed by atoms with Crippen molar-refractivity contribution in [2.24, 2.45) is 31.3 Å². The number of halogens is 1. The third kappa shape index (κ3) is 8.94. The van der Waals surface area contributed by atoms with E-state index in [0.29, 0.717) is 19.4 Å². The van der Waals surface area contributed by atoms with Crippen LogP contribution in [0.2, 0.25) is 0 Å². The molecule has 9 rings (SSSR count). The number of aromatic nitrogens is 6. The highest BCUT2D eigenvalue weighted by Gasteiger charge is 2.44. The number of fused-ring (bicyclic) bond motifs is 6. The molecule has 3 aliphatic rings. The maximum absolute atomic E-state index is 13.6. The molecule has 4 heterocycles. The standard InChI is InChI=1S/C31H40N4O5.C18H19N3O.ClH/c1-21-34(18-22-12-13-25-26(27(22)36)23-10-6-7-11-24(23)33(25)5)16-17-35(21)20-39-28(37)31(14-8-9-15-31)19-32-29(38)40-30(2,3)4;1-12-19-9-10-21(12)11-13-7-8-16-17(18(13)22)14-5-3-4-6-15(14)20(16)2;/h6-7,10-11,16-17,22H,8-9,12-15,18-20H2,1-5H3;3-6,9-10,13H,7-8,11H2,1-2H3;1H/p+1. The highest BCUT2D eigenvalue weighted by atomic mass is 35.5. The smallest absolute Gasteiger partial charge is 0.407 e. The molecule has 13 nitrogen and oxygen atoms in total. The molecule has 1 saturated carbocycles. The molecule has 0 aliphatic heterocycles. The van der Waals surface area contributed by atoms with Crippen molar-refractivity contribution in [2.75, 3.05) is 6.54 Å². The Labute approximate surface area is 375 Å². The molecule has 0 saturated heterocycles. The van der Waals surface area contributed by atoms with Gasteiger partial charge in [-0.3, -0.25) is 14.4 Å². The summed E-state index contributed by atoms with van der Waals surface area (Å²) in [6, 6.07) is 16.3. The van der Waals surface area contributed by atoms with Crippen LogP contribution >= 0.6 is 12.4 Å². The topological polar surface area (TPSA) is 135 Å². The first-order valence-electron chi connectivity index (χ1n) is 22.0. The molecule has 63 heavy (non-hydrogen) atoms. The van der Waals surface area contributed by atoms with Crippen molar-refractivity contribution >= 4 is 57.8 Å². The Morgan fingerprint density at radius 2 is 1.37 bits per heavy atom. The number of hydrogen-bond acceptors (Lipinski definition) is 7. The summed E-state index contributed by atoms with van der Waals surface area (Å²) in [5, 5.41) is 4.90. The van der Waals surface area contributed by atoms with Crippen molar-refractivity contribution in [2.45, 2.75) is 111 Å². The number of nitrogens with one attached hydrogen (secondary N) is 1. The molecular weight excluding hydrogens is 818 g/mol. The number of nitrogens with zero attached hydrogens (tertiary/aromatic N) is 6. The number of amides is 1. The zero-order valence-corrected chi connectivity index (χ0v) is 38.4. The Morgan fingerprint density at radius 3 is 1.89 bits per heavy atom. The molecule has 0 bridgehead atoms. The van der Waals surface area contributed by atoms with Gasteiger partial charge >= 0.3 is 12.1 Å². The molecule has 6 aromatic rings. The maximum Gasteiger partial charge on any atom is 0.407 e. The van der Waals surface area contributed by atoms with Crippen LogP contribution in [0, 0.1) is 31.1 Å². The van der Waals surface area contributed by atoms with Crippen LogP contribution < -0.4 is 9.88 Å². The summed E-state index contributed by atoms with van der Waals surface area (Å²) in [7, 11) is 4.10. The zero-order valence-electron chi connectivity index (χ0n) is 37.6. The second kappa shape index (κ2) is 18.2. The average molecular weight is 880 g/mol. The number of carbonyl (C=O) groups is 4. The number of ether oxygens (including phenoxy) is 2. The van der Waals surface area contributed by atoms with Gasteiger partial charge in [-0.1, -0.05) is 49.2 Å². The highest BCUT2D eigenvalue weighted by Crippen LogP contribution is 2.39. The summed E-state index contributed by atoms with van der Waals surface area (Å²) >= 11 is 0. The molecular formula is C49H61ClN7O6+. The predicted octanol–water partition coefficient (Wildman–Crippen LogP) is 8.16. The molecule has 0 spiro atoms. The van der Waals surface area contributed by atoms with Gasteiger partial charge < -0.3 is 28.5 Å². The Hall–Kier alpha value is -5.69. The number of para-hydroxylation sites is 2. The number of alkyl carbamates (subject to hydrolysis) is 1. The van der Waals surface area contributed by atoms with Crippen molar-refractivity contribution < 1.29 is 33.2 Å². The van der Waals surface area contributed by atoms with Gasteiger partial charge in [-0.15, -0.1) is 12.4 Å². The van der Waals surface area contributed by atoms with Gasteiger partial charge in [0.1, 0.15) is 30.4 Å². The minimum atomic E-state index is -0.737. The quantitative estimate of drug-likeness (QED) is 0.114. The molecule has 1 N–H and O–H groups in total. The molecule has 14 heteroatoms. The summed E-state index contributed by atoms with van der Waals surface area (Å²) in [5.74, 6) is 2.00. The third-order valence-electron chi connectivity index (χ3n) is 13.5. The van der Waals surface area contributed by atoms with Crippen molar-refractivity contribution in [3.63, 3.8) is 0 Å². The lowest BCUT2D eigenvalue weighted by Gasteiger charge is -2.27. The van der Waals surface area contributed by atoms with E-state index in [0.717, 1.165) is 95.3 Å². The van der Waals surface area contributed by atoms with Crippen LogP contribution in [0.25, 0.3) is 21.8 Å². The van der Waals surface area contributed by atoms with Crippen molar-refractivity contribution in [3.05, 3.63) is 107 Å². The number of Topliss-reactive ketones (excluding diaryl/α,β-unsaturated/α-hetero) is 2. The molecule has 334 valence electrons. The van der Waals surface area contributed by atoms with Gasteiger partial charge in [0, 0.05) is 96.7 Å². The minimum Gasteiger partial charge on any atom is -0.444 e. The fourth-order valence-corrected chi connectivity index (χ4v) is 9.95. The summed E-state index contributed by atoms with van der Waals surface area (Å²) in [5.41, 5.74) is 5.02. The molecule has 2 unspecified atom stereocenters. The van der Waals surface area contributed by atoms with Crippen LogP contribution in [0.3, 0.4) is 0 Å². The van der Waals surface area contributed by atoms with Crippen LogP contribution in [-0.2, 0) is 61.0 Å². The normalized spacial score (nSPS) is 18.0. The van der Waals surface area contributed by atoms with E-state index < -0.39 is 17.1 Å².